The van der Waals surface area contributed by atoms with Crippen LogP contribution in [0.15, 0.2) is 69.8 Å². The van der Waals surface area contributed by atoms with E-state index in [1.807, 2.05) is 20.8 Å². The van der Waals surface area contributed by atoms with Gasteiger partial charge in [-0.05, 0) is 29.2 Å². The molecule has 2 aliphatic heterocycles. The van der Waals surface area contributed by atoms with Crippen LogP contribution in [-0.4, -0.2) is 35.3 Å². The van der Waals surface area contributed by atoms with E-state index in [1.54, 1.807) is 0 Å². The minimum absolute atomic E-state index is 0.0560. The van der Waals surface area contributed by atoms with E-state index in [0.717, 1.165) is 17.5 Å². The van der Waals surface area contributed by atoms with Crippen LogP contribution in [-0.2, 0) is 21.2 Å². The number of nitro benzene ring substituents is 1. The van der Waals surface area contributed by atoms with E-state index in [9.17, 15) is 32.8 Å². The molecule has 4 rings (SSSR count). The average Bonchev–Trinajstić information content (AvgIpc) is 2.98. The van der Waals surface area contributed by atoms with Crippen molar-refractivity contribution in [3.63, 3.8) is 0 Å². The summed E-state index contributed by atoms with van der Waals surface area (Å²) >= 11 is 0. The van der Waals surface area contributed by atoms with E-state index >= 15 is 0 Å². The van der Waals surface area contributed by atoms with Gasteiger partial charge in [0.25, 0.3) is 11.6 Å². The number of aliphatic hydroxyl groups excluding tert-OH is 1. The van der Waals surface area contributed by atoms with Crippen molar-refractivity contribution >= 4 is 27.1 Å². The SMILES string of the molecule is CC(C)(C)C1C(O)=C(C2=CS(=O)(=O)c3cc([N+](=O)[O-])ccc3N2)C(=O)N1Cc1ccc(F)cc1. The summed E-state index contributed by atoms with van der Waals surface area (Å²) in [5.41, 5.74) is -0.643. The molecule has 0 bridgehead atoms. The highest BCUT2D eigenvalue weighted by Crippen LogP contribution is 2.42. The van der Waals surface area contributed by atoms with E-state index in [2.05, 4.69) is 5.32 Å². The molecule has 0 aliphatic carbocycles. The lowest BCUT2D eigenvalue weighted by molar-refractivity contribution is -0.385. The van der Waals surface area contributed by atoms with Gasteiger partial charge in [0.15, 0.2) is 0 Å². The van der Waals surface area contributed by atoms with Gasteiger partial charge in [0.05, 0.1) is 27.8 Å². The summed E-state index contributed by atoms with van der Waals surface area (Å²) in [7, 11) is -4.15. The Morgan fingerprint density at radius 1 is 1.18 bits per heavy atom. The number of amides is 1. The molecule has 34 heavy (non-hydrogen) atoms. The highest BCUT2D eigenvalue weighted by atomic mass is 32.2. The third-order valence-electron chi connectivity index (χ3n) is 5.68. The molecule has 1 amide bonds. The van der Waals surface area contributed by atoms with Crippen LogP contribution < -0.4 is 5.32 Å². The monoisotopic (exact) mass is 487 g/mol. The maximum absolute atomic E-state index is 13.5. The molecule has 0 saturated heterocycles. The number of carbonyl (C=O) groups is 1. The van der Waals surface area contributed by atoms with Gasteiger partial charge in [-0.3, -0.25) is 14.9 Å². The Morgan fingerprint density at radius 3 is 2.41 bits per heavy atom. The number of non-ortho nitro benzene ring substituents is 1. The lowest BCUT2D eigenvalue weighted by Gasteiger charge is -2.35. The van der Waals surface area contributed by atoms with Gasteiger partial charge < -0.3 is 15.3 Å². The van der Waals surface area contributed by atoms with Crippen molar-refractivity contribution < 1.29 is 27.6 Å². The molecule has 0 aromatic heterocycles. The van der Waals surface area contributed by atoms with E-state index in [4.69, 9.17) is 0 Å². The van der Waals surface area contributed by atoms with Gasteiger partial charge in [0.1, 0.15) is 22.0 Å². The van der Waals surface area contributed by atoms with Crippen molar-refractivity contribution in [1.82, 2.24) is 4.90 Å². The first-order valence-electron chi connectivity index (χ1n) is 10.3. The number of hydrogen-bond acceptors (Lipinski definition) is 7. The highest BCUT2D eigenvalue weighted by Gasteiger charge is 2.47. The van der Waals surface area contributed by atoms with Crippen LogP contribution in [0.3, 0.4) is 0 Å². The summed E-state index contributed by atoms with van der Waals surface area (Å²) in [6.45, 7) is 5.55. The predicted octanol–water partition coefficient (Wildman–Crippen LogP) is 4.04. The van der Waals surface area contributed by atoms with Crippen LogP contribution >= 0.6 is 0 Å². The Morgan fingerprint density at radius 2 is 1.82 bits per heavy atom. The zero-order chi connectivity index (χ0) is 25.0. The summed E-state index contributed by atoms with van der Waals surface area (Å²) in [5, 5.41) is 25.8. The number of aliphatic hydroxyl groups is 1. The Balaban J connectivity index is 1.77. The van der Waals surface area contributed by atoms with Crippen molar-refractivity contribution in [3.8, 4) is 0 Å². The van der Waals surface area contributed by atoms with Gasteiger partial charge in [-0.25, -0.2) is 12.8 Å². The van der Waals surface area contributed by atoms with Gasteiger partial charge >= 0.3 is 0 Å². The van der Waals surface area contributed by atoms with Crippen molar-refractivity contribution in [2.75, 3.05) is 5.32 Å². The zero-order valence-corrected chi connectivity index (χ0v) is 19.4. The fourth-order valence-electron chi connectivity index (χ4n) is 4.21. The standard InChI is InChI=1S/C23H22FN3O6S/c1-23(2,3)21-20(28)19(22(29)26(21)11-13-4-6-14(24)7-5-13)17-12-34(32,33)18-10-15(27(30)31)8-9-16(18)25-17/h4-10,12,21,25,28H,11H2,1-3H3. The largest absolute Gasteiger partial charge is 0.509 e. The molecule has 2 aliphatic rings. The molecule has 178 valence electrons. The molecule has 11 heteroatoms. The van der Waals surface area contributed by atoms with Crippen LogP contribution in [0, 0.1) is 21.3 Å². The number of anilines is 1. The molecule has 2 aromatic carbocycles. The summed E-state index contributed by atoms with van der Waals surface area (Å²) in [5.74, 6) is -1.31. The van der Waals surface area contributed by atoms with Gasteiger partial charge in [-0.1, -0.05) is 32.9 Å². The minimum atomic E-state index is -4.15. The molecule has 0 saturated carbocycles. The smallest absolute Gasteiger partial charge is 0.270 e. The maximum atomic E-state index is 13.5. The third kappa shape index (κ3) is 4.03. The maximum Gasteiger partial charge on any atom is 0.270 e. The molecular weight excluding hydrogens is 465 g/mol. The molecule has 0 spiro atoms. The van der Waals surface area contributed by atoms with Gasteiger partial charge in [0.2, 0.25) is 9.84 Å². The Kier molecular flexibility index (Phi) is 5.47. The van der Waals surface area contributed by atoms with Crippen molar-refractivity contribution in [2.24, 2.45) is 5.41 Å². The quantitative estimate of drug-likeness (QED) is 0.492. The number of halogens is 1. The minimum Gasteiger partial charge on any atom is -0.509 e. The average molecular weight is 488 g/mol. The first-order chi connectivity index (χ1) is 15.8. The molecule has 0 fully saturated rings. The number of sulfone groups is 1. The number of benzene rings is 2. The van der Waals surface area contributed by atoms with E-state index in [1.165, 1.54) is 35.2 Å². The van der Waals surface area contributed by atoms with Gasteiger partial charge in [-0.2, -0.15) is 0 Å². The summed E-state index contributed by atoms with van der Waals surface area (Å²) in [4.78, 5) is 24.9. The van der Waals surface area contributed by atoms with Gasteiger partial charge in [-0.15, -0.1) is 0 Å². The Bertz CT molecular complexity index is 1370. The number of hydrogen-bond donors (Lipinski definition) is 2. The first kappa shape index (κ1) is 23.4. The number of nitrogens with one attached hydrogen (secondary N) is 1. The van der Waals surface area contributed by atoms with E-state index < -0.39 is 43.6 Å². The van der Waals surface area contributed by atoms with Crippen molar-refractivity contribution in [1.29, 1.82) is 0 Å². The Hall–Kier alpha value is -3.73. The van der Waals surface area contributed by atoms with Crippen molar-refractivity contribution in [3.05, 3.63) is 86.4 Å². The van der Waals surface area contributed by atoms with E-state index in [-0.39, 0.29) is 34.2 Å². The highest BCUT2D eigenvalue weighted by molar-refractivity contribution is 7.94. The second-order valence-corrected chi connectivity index (χ2v) is 11.0. The van der Waals surface area contributed by atoms with Crippen LogP contribution in [0.25, 0.3) is 0 Å². The normalized spacial score (nSPS) is 19.5. The third-order valence-corrected chi connectivity index (χ3v) is 7.18. The number of rotatable bonds is 4. The topological polar surface area (TPSA) is 130 Å². The van der Waals surface area contributed by atoms with Crippen LogP contribution in [0.5, 0.6) is 0 Å². The molecule has 2 N–H and O–H groups in total. The molecule has 1 atom stereocenters. The lowest BCUT2D eigenvalue weighted by atomic mass is 9.85. The van der Waals surface area contributed by atoms with Crippen LogP contribution in [0.4, 0.5) is 15.8 Å². The number of nitrogens with zero attached hydrogens (tertiary/aromatic N) is 2. The van der Waals surface area contributed by atoms with Crippen molar-refractivity contribution in [2.45, 2.75) is 38.3 Å². The fourth-order valence-corrected chi connectivity index (χ4v) is 5.54. The first-order valence-corrected chi connectivity index (χ1v) is 11.9. The molecule has 1 unspecified atom stereocenters. The fraction of sp³-hybridized carbons (Fsp3) is 0.261. The van der Waals surface area contributed by atoms with Crippen LogP contribution in [0.1, 0.15) is 26.3 Å². The van der Waals surface area contributed by atoms with E-state index in [0.29, 0.717) is 5.56 Å². The lowest BCUT2D eigenvalue weighted by Crippen LogP contribution is -2.43. The molecule has 2 heterocycles. The second kappa shape index (κ2) is 7.94. The predicted molar refractivity (Wildman–Crippen MR) is 122 cm³/mol. The summed E-state index contributed by atoms with van der Waals surface area (Å²) < 4.78 is 39.1. The molecule has 2 aromatic rings. The van der Waals surface area contributed by atoms with Gasteiger partial charge in [0, 0.05) is 18.7 Å². The molecule has 0 radical (unpaired) electrons. The summed E-state index contributed by atoms with van der Waals surface area (Å²) in [6, 6.07) is 8.15. The van der Waals surface area contributed by atoms with Crippen LogP contribution in [0.2, 0.25) is 0 Å². The number of fused-ring (bicyclic) bond motifs is 1. The zero-order valence-electron chi connectivity index (χ0n) is 18.6. The molecule has 9 nitrogen and oxygen atoms in total. The molecular formula is C23H22FN3O6S. The summed E-state index contributed by atoms with van der Waals surface area (Å²) in [6.07, 6.45) is 0. The number of nitro groups is 1. The number of carbonyl (C=O) groups excluding carboxylic acids is 1. The Labute approximate surface area is 195 Å². The second-order valence-electron chi connectivity index (χ2n) is 9.23.